The van der Waals surface area contributed by atoms with E-state index in [9.17, 15) is 4.79 Å². The van der Waals surface area contributed by atoms with Crippen molar-refractivity contribution in [1.29, 1.82) is 0 Å². The summed E-state index contributed by atoms with van der Waals surface area (Å²) in [4.78, 5) is 14.8. The zero-order valence-corrected chi connectivity index (χ0v) is 12.8. The molecule has 1 saturated carbocycles. The van der Waals surface area contributed by atoms with Crippen molar-refractivity contribution < 1.29 is 4.79 Å². The average molecular weight is 274 g/mol. The number of carbonyl (C=O) groups excluding carboxylic acids is 1. The molecule has 0 aliphatic heterocycles. The fourth-order valence-corrected chi connectivity index (χ4v) is 3.37. The van der Waals surface area contributed by atoms with E-state index >= 15 is 0 Å². The molecule has 1 aromatic rings. The van der Waals surface area contributed by atoms with E-state index in [1.807, 2.05) is 56.1 Å². The van der Waals surface area contributed by atoms with Gasteiger partial charge in [-0.25, -0.2) is 0 Å². The molecule has 3 nitrogen and oxygen atoms in total. The molecule has 3 heteroatoms. The highest BCUT2D eigenvalue weighted by molar-refractivity contribution is 5.87. The van der Waals surface area contributed by atoms with Crippen LogP contribution in [-0.4, -0.2) is 30.4 Å². The predicted molar refractivity (Wildman–Crippen MR) is 82.4 cm³/mol. The topological polar surface area (TPSA) is 46.3 Å². The van der Waals surface area contributed by atoms with Gasteiger partial charge in [0.25, 0.3) is 0 Å². The Hall–Kier alpha value is -1.35. The van der Waals surface area contributed by atoms with Gasteiger partial charge in [0.05, 0.1) is 5.41 Å². The van der Waals surface area contributed by atoms with Crippen molar-refractivity contribution in [3.05, 3.63) is 35.9 Å². The van der Waals surface area contributed by atoms with Crippen molar-refractivity contribution in [2.45, 2.75) is 44.6 Å². The Balaban J connectivity index is 2.18. The summed E-state index contributed by atoms with van der Waals surface area (Å²) in [6.07, 6.45) is 3.40. The van der Waals surface area contributed by atoms with Crippen LogP contribution in [0.25, 0.3) is 0 Å². The van der Waals surface area contributed by atoms with Crippen molar-refractivity contribution in [3.63, 3.8) is 0 Å². The smallest absolute Gasteiger partial charge is 0.232 e. The summed E-state index contributed by atoms with van der Waals surface area (Å²) >= 11 is 0. The zero-order chi connectivity index (χ0) is 14.8. The van der Waals surface area contributed by atoms with E-state index in [1.54, 1.807) is 0 Å². The lowest BCUT2D eigenvalue weighted by Crippen LogP contribution is -2.48. The van der Waals surface area contributed by atoms with Gasteiger partial charge < -0.3 is 10.6 Å². The molecule has 0 radical (unpaired) electrons. The summed E-state index contributed by atoms with van der Waals surface area (Å²) < 4.78 is 0. The first kappa shape index (κ1) is 15.0. The van der Waals surface area contributed by atoms with Crippen molar-refractivity contribution in [2.24, 2.45) is 11.7 Å². The number of nitrogens with zero attached hydrogens (tertiary/aromatic N) is 1. The quantitative estimate of drug-likeness (QED) is 0.917. The summed E-state index contributed by atoms with van der Waals surface area (Å²) in [6, 6.07) is 10.3. The second kappa shape index (κ2) is 5.96. The largest absolute Gasteiger partial charge is 0.342 e. The number of hydrogen-bond acceptors (Lipinski definition) is 2. The normalized spacial score (nSPS) is 22.8. The van der Waals surface area contributed by atoms with Crippen molar-refractivity contribution in [1.82, 2.24) is 4.90 Å². The standard InChI is InChI=1S/C17H26N2O/c1-17(2,14-9-5-4-6-10-14)16(20)19(3)15-11-7-8-13(15)12-18/h4-6,9-10,13,15H,7-8,11-12,18H2,1-3H3. The highest BCUT2D eigenvalue weighted by Crippen LogP contribution is 2.32. The lowest BCUT2D eigenvalue weighted by Gasteiger charge is -2.36. The van der Waals surface area contributed by atoms with Gasteiger partial charge in [-0.1, -0.05) is 36.8 Å². The van der Waals surface area contributed by atoms with Crippen molar-refractivity contribution >= 4 is 5.91 Å². The van der Waals surface area contributed by atoms with Crippen LogP contribution in [0.2, 0.25) is 0 Å². The molecule has 1 aliphatic carbocycles. The maximum atomic E-state index is 12.9. The van der Waals surface area contributed by atoms with Crippen molar-refractivity contribution in [3.8, 4) is 0 Å². The second-order valence-corrected chi connectivity index (χ2v) is 6.40. The molecule has 110 valence electrons. The van der Waals surface area contributed by atoms with Crippen LogP contribution in [0.5, 0.6) is 0 Å². The average Bonchev–Trinajstić information content (AvgIpc) is 2.95. The fraction of sp³-hybridized carbons (Fsp3) is 0.588. The molecule has 2 N–H and O–H groups in total. The third kappa shape index (κ3) is 2.73. The van der Waals surface area contributed by atoms with Gasteiger partial charge in [0.2, 0.25) is 5.91 Å². The molecule has 2 rings (SSSR count). The third-order valence-corrected chi connectivity index (χ3v) is 4.77. The van der Waals surface area contributed by atoms with Gasteiger partial charge in [-0.3, -0.25) is 4.79 Å². The molecule has 2 atom stereocenters. The Morgan fingerprint density at radius 3 is 2.55 bits per heavy atom. The van der Waals surface area contributed by atoms with E-state index < -0.39 is 5.41 Å². The van der Waals surface area contributed by atoms with Crippen LogP contribution in [0.4, 0.5) is 0 Å². The molecule has 0 aromatic heterocycles. The molecular weight excluding hydrogens is 248 g/mol. The molecule has 1 aliphatic rings. The van der Waals surface area contributed by atoms with Crippen LogP contribution in [0.15, 0.2) is 30.3 Å². The Morgan fingerprint density at radius 1 is 1.30 bits per heavy atom. The Labute approximate surface area is 122 Å². The number of rotatable bonds is 4. The summed E-state index contributed by atoms with van der Waals surface area (Å²) in [5.41, 5.74) is 6.42. The van der Waals surface area contributed by atoms with Crippen LogP contribution in [0.3, 0.4) is 0 Å². The van der Waals surface area contributed by atoms with Gasteiger partial charge in [-0.2, -0.15) is 0 Å². The first-order valence-corrected chi connectivity index (χ1v) is 7.51. The van der Waals surface area contributed by atoms with Gasteiger partial charge in [-0.15, -0.1) is 0 Å². The predicted octanol–water partition coefficient (Wildman–Crippen LogP) is 2.55. The number of carbonyl (C=O) groups is 1. The van der Waals surface area contributed by atoms with E-state index in [0.717, 1.165) is 18.4 Å². The molecule has 0 spiro atoms. The molecule has 2 unspecified atom stereocenters. The van der Waals surface area contributed by atoms with Crippen LogP contribution < -0.4 is 5.73 Å². The van der Waals surface area contributed by atoms with Crippen LogP contribution in [-0.2, 0) is 10.2 Å². The maximum absolute atomic E-state index is 12.9. The monoisotopic (exact) mass is 274 g/mol. The van der Waals surface area contributed by atoms with Gasteiger partial charge in [-0.05, 0) is 44.7 Å². The molecule has 1 aromatic carbocycles. The van der Waals surface area contributed by atoms with Crippen LogP contribution in [0.1, 0.15) is 38.7 Å². The molecule has 0 bridgehead atoms. The maximum Gasteiger partial charge on any atom is 0.232 e. The van der Waals surface area contributed by atoms with Gasteiger partial charge in [0, 0.05) is 13.1 Å². The number of hydrogen-bond donors (Lipinski definition) is 1. The minimum absolute atomic E-state index is 0.189. The number of amides is 1. The fourth-order valence-electron chi connectivity index (χ4n) is 3.37. The SMILES string of the molecule is CN(C(=O)C(C)(C)c1ccccc1)C1CCCC1CN. The first-order valence-electron chi connectivity index (χ1n) is 7.51. The molecular formula is C17H26N2O. The van der Waals surface area contributed by atoms with Crippen LogP contribution in [0, 0.1) is 5.92 Å². The first-order chi connectivity index (χ1) is 9.48. The van der Waals surface area contributed by atoms with E-state index in [2.05, 4.69) is 0 Å². The van der Waals surface area contributed by atoms with E-state index in [0.29, 0.717) is 18.5 Å². The zero-order valence-electron chi connectivity index (χ0n) is 12.8. The third-order valence-electron chi connectivity index (χ3n) is 4.77. The lowest BCUT2D eigenvalue weighted by atomic mass is 9.82. The molecule has 0 heterocycles. The van der Waals surface area contributed by atoms with Crippen LogP contribution >= 0.6 is 0 Å². The van der Waals surface area contributed by atoms with E-state index in [-0.39, 0.29) is 5.91 Å². The Kier molecular flexibility index (Phi) is 4.48. The summed E-state index contributed by atoms with van der Waals surface area (Å²) in [6.45, 7) is 4.69. The minimum atomic E-state index is -0.488. The molecule has 1 amide bonds. The Morgan fingerprint density at radius 2 is 1.95 bits per heavy atom. The Bertz CT molecular complexity index is 455. The summed E-state index contributed by atoms with van der Waals surface area (Å²) in [5.74, 6) is 0.643. The van der Waals surface area contributed by atoms with E-state index in [1.165, 1.54) is 6.42 Å². The highest BCUT2D eigenvalue weighted by atomic mass is 16.2. The summed E-state index contributed by atoms with van der Waals surface area (Å²) in [5, 5.41) is 0. The summed E-state index contributed by atoms with van der Waals surface area (Å²) in [7, 11) is 1.94. The molecule has 1 fully saturated rings. The minimum Gasteiger partial charge on any atom is -0.342 e. The van der Waals surface area contributed by atoms with Gasteiger partial charge >= 0.3 is 0 Å². The molecule has 20 heavy (non-hydrogen) atoms. The second-order valence-electron chi connectivity index (χ2n) is 6.40. The molecule has 0 saturated heterocycles. The van der Waals surface area contributed by atoms with Crippen molar-refractivity contribution in [2.75, 3.05) is 13.6 Å². The van der Waals surface area contributed by atoms with Gasteiger partial charge in [0.1, 0.15) is 0 Å². The van der Waals surface area contributed by atoms with E-state index in [4.69, 9.17) is 5.73 Å². The number of likely N-dealkylation sites (N-methyl/N-ethyl adjacent to an activating group) is 1. The highest BCUT2D eigenvalue weighted by Gasteiger charge is 2.38. The van der Waals surface area contributed by atoms with Gasteiger partial charge in [0.15, 0.2) is 0 Å². The number of benzene rings is 1. The number of nitrogens with two attached hydrogens (primary N) is 1. The lowest BCUT2D eigenvalue weighted by molar-refractivity contribution is -0.137.